The molecule has 0 radical (unpaired) electrons. The van der Waals surface area contributed by atoms with Crippen LogP contribution in [0.25, 0.3) is 6.08 Å². The first kappa shape index (κ1) is 17.7. The van der Waals surface area contributed by atoms with Crippen LogP contribution in [0, 0.1) is 16.7 Å². The second-order valence-electron chi connectivity index (χ2n) is 6.51. The fourth-order valence-electron chi connectivity index (χ4n) is 2.72. The number of hydrogen-bond donors (Lipinski definition) is 0. The number of rotatable bonds is 5. The summed E-state index contributed by atoms with van der Waals surface area (Å²) in [5.41, 5.74) is 0.651. The molecule has 24 heavy (non-hydrogen) atoms. The summed E-state index contributed by atoms with van der Waals surface area (Å²) in [5.74, 6) is 0.694. The molecule has 0 atom stereocenters. The molecule has 0 aliphatic heterocycles. The van der Waals surface area contributed by atoms with Crippen LogP contribution in [-0.2, 0) is 9.59 Å². The third-order valence-corrected chi connectivity index (χ3v) is 3.75. The molecule has 1 aliphatic rings. The number of ketones is 2. The predicted octanol–water partition coefficient (Wildman–Crippen LogP) is 3.33. The van der Waals surface area contributed by atoms with Crippen LogP contribution in [0.3, 0.4) is 0 Å². The predicted molar refractivity (Wildman–Crippen MR) is 89.7 cm³/mol. The van der Waals surface area contributed by atoms with Crippen molar-refractivity contribution in [3.63, 3.8) is 0 Å². The third kappa shape index (κ3) is 4.23. The lowest BCUT2D eigenvalue weighted by molar-refractivity contribution is -0.127. The highest BCUT2D eigenvalue weighted by Crippen LogP contribution is 2.35. The van der Waals surface area contributed by atoms with Crippen molar-refractivity contribution in [2.45, 2.75) is 33.6 Å². The summed E-state index contributed by atoms with van der Waals surface area (Å²) in [6.45, 7) is 6.05. The number of nitriles is 1. The Labute approximate surface area is 141 Å². The number of carbonyl (C=O) groups excluding carboxylic acids is 2. The van der Waals surface area contributed by atoms with Crippen molar-refractivity contribution < 1.29 is 19.1 Å². The molecule has 5 nitrogen and oxygen atoms in total. The van der Waals surface area contributed by atoms with E-state index in [1.807, 2.05) is 26.8 Å². The second-order valence-corrected chi connectivity index (χ2v) is 6.51. The zero-order valence-electron chi connectivity index (χ0n) is 14.2. The molecule has 5 heteroatoms. The van der Waals surface area contributed by atoms with E-state index in [4.69, 9.17) is 14.7 Å². The number of hydrogen-bond acceptors (Lipinski definition) is 5. The molecule has 1 aromatic carbocycles. The molecule has 0 heterocycles. The molecule has 0 aromatic heterocycles. The highest BCUT2D eigenvalue weighted by atomic mass is 16.5. The van der Waals surface area contributed by atoms with E-state index in [1.165, 1.54) is 0 Å². The number of Topliss-reactive ketones (excluding diaryl/α,β-unsaturated/α-hetero) is 2. The van der Waals surface area contributed by atoms with E-state index in [1.54, 1.807) is 24.3 Å². The fraction of sp³-hybridized carbons (Fsp3) is 0.421. The second kappa shape index (κ2) is 7.31. The zero-order chi connectivity index (χ0) is 17.7. The van der Waals surface area contributed by atoms with Gasteiger partial charge in [0.25, 0.3) is 0 Å². The molecule has 0 unspecified atom stereocenters. The average molecular weight is 327 g/mol. The van der Waals surface area contributed by atoms with E-state index in [2.05, 4.69) is 0 Å². The van der Waals surface area contributed by atoms with E-state index in [0.717, 1.165) is 0 Å². The molecule has 0 spiro atoms. The SMILES string of the molecule is CCOc1cc(C=C2C(=O)CC(C)(C)CC2=O)ccc1OCC#N. The Morgan fingerprint density at radius 2 is 1.83 bits per heavy atom. The van der Waals surface area contributed by atoms with Gasteiger partial charge >= 0.3 is 0 Å². The van der Waals surface area contributed by atoms with Crippen molar-refractivity contribution >= 4 is 17.6 Å². The third-order valence-electron chi connectivity index (χ3n) is 3.75. The lowest BCUT2D eigenvalue weighted by Gasteiger charge is -2.28. The number of nitrogens with zero attached hydrogens (tertiary/aromatic N) is 1. The van der Waals surface area contributed by atoms with Crippen molar-refractivity contribution in [2.75, 3.05) is 13.2 Å². The zero-order valence-corrected chi connectivity index (χ0v) is 14.2. The summed E-state index contributed by atoms with van der Waals surface area (Å²) in [4.78, 5) is 24.5. The van der Waals surface area contributed by atoms with Gasteiger partial charge in [-0.15, -0.1) is 0 Å². The summed E-state index contributed by atoms with van der Waals surface area (Å²) in [6.07, 6.45) is 2.34. The summed E-state index contributed by atoms with van der Waals surface area (Å²) in [5, 5.41) is 8.62. The minimum absolute atomic E-state index is 0.0768. The molecule has 0 bridgehead atoms. The lowest BCUT2D eigenvalue weighted by Crippen LogP contribution is -2.31. The number of carbonyl (C=O) groups is 2. The molecular formula is C19H21NO4. The lowest BCUT2D eigenvalue weighted by atomic mass is 9.74. The van der Waals surface area contributed by atoms with Crippen LogP contribution in [0.2, 0.25) is 0 Å². The van der Waals surface area contributed by atoms with Gasteiger partial charge in [0.2, 0.25) is 0 Å². The first-order valence-corrected chi connectivity index (χ1v) is 7.91. The highest BCUT2D eigenvalue weighted by molar-refractivity contribution is 6.25. The van der Waals surface area contributed by atoms with Crippen LogP contribution in [0.1, 0.15) is 39.2 Å². The molecule has 0 N–H and O–H groups in total. The highest BCUT2D eigenvalue weighted by Gasteiger charge is 2.35. The van der Waals surface area contributed by atoms with Gasteiger partial charge in [-0.1, -0.05) is 19.9 Å². The first-order chi connectivity index (χ1) is 11.4. The van der Waals surface area contributed by atoms with E-state index in [-0.39, 0.29) is 29.2 Å². The van der Waals surface area contributed by atoms with Crippen LogP contribution < -0.4 is 9.47 Å². The topological polar surface area (TPSA) is 76.4 Å². The van der Waals surface area contributed by atoms with Gasteiger partial charge in [0, 0.05) is 12.8 Å². The normalized spacial score (nSPS) is 16.5. The Bertz CT molecular complexity index is 703. The number of allylic oxidation sites excluding steroid dienone is 1. The standard InChI is InChI=1S/C19H21NO4/c1-4-23-18-10-13(5-6-17(18)24-8-7-20)9-14-15(21)11-19(2,3)12-16(14)22/h5-6,9-10H,4,8,11-12H2,1-3H3. The van der Waals surface area contributed by atoms with Gasteiger partial charge in [0.1, 0.15) is 6.07 Å². The Morgan fingerprint density at radius 1 is 1.17 bits per heavy atom. The molecular weight excluding hydrogens is 306 g/mol. The van der Waals surface area contributed by atoms with Crippen molar-refractivity contribution in [3.8, 4) is 17.6 Å². The molecule has 1 fully saturated rings. The van der Waals surface area contributed by atoms with Gasteiger partial charge in [-0.05, 0) is 36.1 Å². The Hall–Kier alpha value is -2.61. The summed E-state index contributed by atoms with van der Waals surface area (Å²) in [6, 6.07) is 7.03. The van der Waals surface area contributed by atoms with Crippen molar-refractivity contribution in [1.82, 2.24) is 0 Å². The monoisotopic (exact) mass is 327 g/mol. The van der Waals surface area contributed by atoms with E-state index < -0.39 is 0 Å². The molecule has 0 saturated heterocycles. The van der Waals surface area contributed by atoms with Crippen LogP contribution >= 0.6 is 0 Å². The van der Waals surface area contributed by atoms with Gasteiger partial charge in [-0.25, -0.2) is 0 Å². The van der Waals surface area contributed by atoms with Crippen molar-refractivity contribution in [2.24, 2.45) is 5.41 Å². The number of benzene rings is 1. The molecule has 2 rings (SSSR count). The van der Waals surface area contributed by atoms with Crippen LogP contribution in [-0.4, -0.2) is 24.8 Å². The Morgan fingerprint density at radius 3 is 2.42 bits per heavy atom. The summed E-state index contributed by atoms with van der Waals surface area (Å²) >= 11 is 0. The van der Waals surface area contributed by atoms with E-state index in [9.17, 15) is 9.59 Å². The maximum atomic E-state index is 12.3. The fourth-order valence-corrected chi connectivity index (χ4v) is 2.72. The number of ether oxygens (including phenoxy) is 2. The van der Waals surface area contributed by atoms with Gasteiger partial charge in [0.15, 0.2) is 29.7 Å². The minimum Gasteiger partial charge on any atom is -0.490 e. The smallest absolute Gasteiger partial charge is 0.174 e. The first-order valence-electron chi connectivity index (χ1n) is 7.91. The van der Waals surface area contributed by atoms with Gasteiger partial charge in [-0.3, -0.25) is 9.59 Å². The van der Waals surface area contributed by atoms with Gasteiger partial charge in [0.05, 0.1) is 12.2 Å². The van der Waals surface area contributed by atoms with Crippen molar-refractivity contribution in [3.05, 3.63) is 29.3 Å². The van der Waals surface area contributed by atoms with E-state index >= 15 is 0 Å². The Kier molecular flexibility index (Phi) is 5.40. The maximum absolute atomic E-state index is 12.3. The molecule has 126 valence electrons. The van der Waals surface area contributed by atoms with Crippen LogP contribution in [0.5, 0.6) is 11.5 Å². The summed E-state index contributed by atoms with van der Waals surface area (Å²) < 4.78 is 10.8. The molecule has 1 aromatic rings. The van der Waals surface area contributed by atoms with Gasteiger partial charge in [-0.2, -0.15) is 5.26 Å². The van der Waals surface area contributed by atoms with Crippen LogP contribution in [0.15, 0.2) is 23.8 Å². The van der Waals surface area contributed by atoms with Crippen LogP contribution in [0.4, 0.5) is 0 Å². The molecule has 1 aliphatic carbocycles. The average Bonchev–Trinajstić information content (AvgIpc) is 2.49. The van der Waals surface area contributed by atoms with Crippen molar-refractivity contribution in [1.29, 1.82) is 5.26 Å². The largest absolute Gasteiger partial charge is 0.490 e. The minimum atomic E-state index is -0.281. The quantitative estimate of drug-likeness (QED) is 0.612. The van der Waals surface area contributed by atoms with E-state index in [0.29, 0.717) is 36.5 Å². The summed E-state index contributed by atoms with van der Waals surface area (Å²) in [7, 11) is 0. The molecule has 1 saturated carbocycles. The Balaban J connectivity index is 2.32. The molecule has 0 amide bonds. The van der Waals surface area contributed by atoms with Gasteiger partial charge < -0.3 is 9.47 Å². The maximum Gasteiger partial charge on any atom is 0.174 e.